The zero-order valence-corrected chi connectivity index (χ0v) is 11.8. The Labute approximate surface area is 120 Å². The monoisotopic (exact) mass is 267 g/mol. The Morgan fingerprint density at radius 1 is 1.10 bits per heavy atom. The van der Waals surface area contributed by atoms with Crippen molar-refractivity contribution in [1.29, 1.82) is 5.26 Å². The van der Waals surface area contributed by atoms with Crippen LogP contribution >= 0.6 is 0 Å². The van der Waals surface area contributed by atoms with Gasteiger partial charge < -0.3 is 5.32 Å². The molecule has 4 fully saturated rings. The van der Waals surface area contributed by atoms with E-state index in [1.54, 1.807) is 6.20 Å². The zero-order valence-electron chi connectivity index (χ0n) is 11.8. The van der Waals surface area contributed by atoms with Crippen molar-refractivity contribution in [2.45, 2.75) is 32.1 Å². The van der Waals surface area contributed by atoms with Crippen LogP contribution in [-0.4, -0.2) is 11.5 Å². The van der Waals surface area contributed by atoms with Gasteiger partial charge in [-0.05, 0) is 73.8 Å². The van der Waals surface area contributed by atoms with Gasteiger partial charge in [0.2, 0.25) is 0 Å². The second kappa shape index (κ2) is 4.77. The molecule has 0 aromatic carbocycles. The Morgan fingerprint density at radius 2 is 1.80 bits per heavy atom. The third kappa shape index (κ3) is 2.08. The third-order valence-electron chi connectivity index (χ3n) is 5.83. The van der Waals surface area contributed by atoms with Gasteiger partial charge in [0.15, 0.2) is 0 Å². The minimum absolute atomic E-state index is 0.630. The quantitative estimate of drug-likeness (QED) is 0.912. The fraction of sp³-hybridized carbons (Fsp3) is 0.647. The van der Waals surface area contributed by atoms with E-state index in [1.165, 1.54) is 32.1 Å². The van der Waals surface area contributed by atoms with Gasteiger partial charge in [-0.2, -0.15) is 5.26 Å². The Morgan fingerprint density at radius 3 is 2.35 bits per heavy atom. The topological polar surface area (TPSA) is 48.7 Å². The highest BCUT2D eigenvalue weighted by atomic mass is 15.0. The van der Waals surface area contributed by atoms with E-state index in [1.807, 2.05) is 12.1 Å². The minimum Gasteiger partial charge on any atom is -0.370 e. The molecule has 5 rings (SSSR count). The van der Waals surface area contributed by atoms with Crippen molar-refractivity contribution in [3.63, 3.8) is 0 Å². The smallest absolute Gasteiger partial charge is 0.125 e. The van der Waals surface area contributed by atoms with Crippen LogP contribution in [0.5, 0.6) is 0 Å². The van der Waals surface area contributed by atoms with E-state index in [4.69, 9.17) is 5.26 Å². The lowest BCUT2D eigenvalue weighted by atomic mass is 9.52. The molecule has 0 amide bonds. The fourth-order valence-electron chi connectivity index (χ4n) is 5.16. The van der Waals surface area contributed by atoms with Gasteiger partial charge in [-0.3, -0.25) is 0 Å². The molecule has 0 radical (unpaired) electrons. The standard InChI is InChI=1S/C17H21N3/c18-8-11-1-2-17(19-9-11)20-10-16-14-4-12-3-13(6-14)7-15(16)5-12/h1-2,9,12-16H,3-7,10H2,(H,19,20). The Kier molecular flexibility index (Phi) is 2.91. The van der Waals surface area contributed by atoms with Crippen LogP contribution in [0, 0.1) is 40.9 Å². The first-order valence-electron chi connectivity index (χ1n) is 7.92. The van der Waals surface area contributed by atoms with E-state index in [-0.39, 0.29) is 0 Å². The Bertz CT molecular complexity index is 500. The summed E-state index contributed by atoms with van der Waals surface area (Å²) in [4.78, 5) is 4.32. The molecule has 1 aromatic rings. The van der Waals surface area contributed by atoms with E-state index < -0.39 is 0 Å². The molecular formula is C17H21N3. The second-order valence-corrected chi connectivity index (χ2v) is 7.02. The van der Waals surface area contributed by atoms with Crippen molar-refractivity contribution in [2.75, 3.05) is 11.9 Å². The van der Waals surface area contributed by atoms with Crippen molar-refractivity contribution >= 4 is 5.82 Å². The SMILES string of the molecule is N#Cc1ccc(NCC2C3CC4CC(C3)CC2C4)nc1. The number of nitrogens with one attached hydrogen (secondary N) is 1. The predicted octanol–water partition coefficient (Wildman–Crippen LogP) is 3.44. The van der Waals surface area contributed by atoms with Crippen LogP contribution in [0.4, 0.5) is 5.82 Å². The van der Waals surface area contributed by atoms with Gasteiger partial charge in [0.05, 0.1) is 5.56 Å². The molecule has 3 nitrogen and oxygen atoms in total. The van der Waals surface area contributed by atoms with E-state index in [2.05, 4.69) is 16.4 Å². The first kappa shape index (κ1) is 12.2. The molecule has 4 bridgehead atoms. The summed E-state index contributed by atoms with van der Waals surface area (Å²) in [7, 11) is 0. The lowest BCUT2D eigenvalue weighted by Crippen LogP contribution is -2.47. The molecular weight excluding hydrogens is 246 g/mol. The zero-order chi connectivity index (χ0) is 13.5. The summed E-state index contributed by atoms with van der Waals surface area (Å²) in [6, 6.07) is 5.88. The fourth-order valence-corrected chi connectivity index (χ4v) is 5.16. The van der Waals surface area contributed by atoms with Gasteiger partial charge in [0, 0.05) is 12.7 Å². The van der Waals surface area contributed by atoms with Gasteiger partial charge in [-0.1, -0.05) is 0 Å². The van der Waals surface area contributed by atoms with Crippen molar-refractivity contribution in [2.24, 2.45) is 29.6 Å². The molecule has 0 aliphatic heterocycles. The van der Waals surface area contributed by atoms with Gasteiger partial charge >= 0.3 is 0 Å². The molecule has 0 unspecified atom stereocenters. The highest BCUT2D eigenvalue weighted by Crippen LogP contribution is 2.56. The molecule has 4 saturated carbocycles. The van der Waals surface area contributed by atoms with Crippen LogP contribution < -0.4 is 5.32 Å². The maximum atomic E-state index is 8.79. The molecule has 0 spiro atoms. The highest BCUT2D eigenvalue weighted by molar-refractivity contribution is 5.39. The summed E-state index contributed by atoms with van der Waals surface area (Å²) in [5.41, 5.74) is 0.630. The average molecular weight is 267 g/mol. The van der Waals surface area contributed by atoms with Crippen LogP contribution in [-0.2, 0) is 0 Å². The number of hydrogen-bond acceptors (Lipinski definition) is 3. The van der Waals surface area contributed by atoms with Crippen molar-refractivity contribution in [3.8, 4) is 6.07 Å². The Balaban J connectivity index is 1.41. The number of nitriles is 1. The molecule has 1 N–H and O–H groups in total. The normalized spacial score (nSPS) is 37.6. The number of anilines is 1. The number of rotatable bonds is 3. The summed E-state index contributed by atoms with van der Waals surface area (Å²) in [6.45, 7) is 1.06. The molecule has 0 atom stereocenters. The molecule has 4 aliphatic carbocycles. The van der Waals surface area contributed by atoms with E-state index in [0.29, 0.717) is 5.56 Å². The van der Waals surface area contributed by atoms with Gasteiger partial charge in [-0.15, -0.1) is 0 Å². The number of aromatic nitrogens is 1. The average Bonchev–Trinajstić information content (AvgIpc) is 2.46. The van der Waals surface area contributed by atoms with Crippen molar-refractivity contribution < 1.29 is 0 Å². The van der Waals surface area contributed by atoms with Crippen LogP contribution in [0.15, 0.2) is 18.3 Å². The van der Waals surface area contributed by atoms with Crippen LogP contribution in [0.1, 0.15) is 37.7 Å². The lowest BCUT2D eigenvalue weighted by Gasteiger charge is -2.54. The van der Waals surface area contributed by atoms with Gasteiger partial charge in [0.25, 0.3) is 0 Å². The number of nitrogens with zero attached hydrogens (tertiary/aromatic N) is 2. The largest absolute Gasteiger partial charge is 0.370 e. The molecule has 4 aliphatic rings. The molecule has 3 heteroatoms. The summed E-state index contributed by atoms with van der Waals surface area (Å²) in [5.74, 6) is 5.76. The molecule has 1 heterocycles. The molecule has 20 heavy (non-hydrogen) atoms. The van der Waals surface area contributed by atoms with Crippen LogP contribution in [0.25, 0.3) is 0 Å². The molecule has 104 valence electrons. The van der Waals surface area contributed by atoms with Crippen LogP contribution in [0.2, 0.25) is 0 Å². The summed E-state index contributed by atoms with van der Waals surface area (Å²) in [5, 5.41) is 12.3. The summed E-state index contributed by atoms with van der Waals surface area (Å²) in [6.07, 6.45) is 9.06. The van der Waals surface area contributed by atoms with Gasteiger partial charge in [-0.25, -0.2) is 4.98 Å². The summed E-state index contributed by atoms with van der Waals surface area (Å²) < 4.78 is 0. The van der Waals surface area contributed by atoms with Crippen molar-refractivity contribution in [1.82, 2.24) is 4.98 Å². The third-order valence-corrected chi connectivity index (χ3v) is 5.83. The predicted molar refractivity (Wildman–Crippen MR) is 78.0 cm³/mol. The van der Waals surface area contributed by atoms with E-state index >= 15 is 0 Å². The Hall–Kier alpha value is -1.56. The first-order chi connectivity index (χ1) is 9.81. The van der Waals surface area contributed by atoms with E-state index in [9.17, 15) is 0 Å². The maximum Gasteiger partial charge on any atom is 0.125 e. The maximum absolute atomic E-state index is 8.79. The van der Waals surface area contributed by atoms with Gasteiger partial charge in [0.1, 0.15) is 11.9 Å². The van der Waals surface area contributed by atoms with Crippen molar-refractivity contribution in [3.05, 3.63) is 23.9 Å². The second-order valence-electron chi connectivity index (χ2n) is 7.02. The highest BCUT2D eigenvalue weighted by Gasteiger charge is 2.47. The van der Waals surface area contributed by atoms with E-state index in [0.717, 1.165) is 42.0 Å². The number of pyridine rings is 1. The lowest BCUT2D eigenvalue weighted by molar-refractivity contribution is -0.0305. The van der Waals surface area contributed by atoms with Crippen LogP contribution in [0.3, 0.4) is 0 Å². The minimum atomic E-state index is 0.630. The number of hydrogen-bond donors (Lipinski definition) is 1. The first-order valence-corrected chi connectivity index (χ1v) is 7.92. The summed E-state index contributed by atoms with van der Waals surface area (Å²) >= 11 is 0. The molecule has 0 saturated heterocycles. The molecule has 1 aromatic heterocycles.